The zero-order chi connectivity index (χ0) is 19.0. The van der Waals surface area contributed by atoms with Crippen LogP contribution < -0.4 is 0 Å². The Balaban J connectivity index is 1.52. The minimum atomic E-state index is -0.737. The van der Waals surface area contributed by atoms with E-state index in [-0.39, 0.29) is 34.9 Å². The Kier molecular flexibility index (Phi) is 3.83. The van der Waals surface area contributed by atoms with Gasteiger partial charge in [0.15, 0.2) is 11.6 Å². The number of ether oxygens (including phenoxy) is 2. The molecule has 7 atom stereocenters. The maximum absolute atomic E-state index is 12.9. The second-order valence-corrected chi connectivity index (χ2v) is 9.83. The van der Waals surface area contributed by atoms with Crippen LogP contribution in [0.1, 0.15) is 51.9 Å². The van der Waals surface area contributed by atoms with Gasteiger partial charge in [-0.3, -0.25) is 9.59 Å². The Hall–Kier alpha value is -1.04. The topological polar surface area (TPSA) is 72.8 Å². The van der Waals surface area contributed by atoms with Crippen molar-refractivity contribution in [3.05, 3.63) is 11.6 Å². The molecular formula is C22H30O5. The van der Waals surface area contributed by atoms with E-state index in [9.17, 15) is 14.7 Å². The number of carbonyl (C=O) groups excluding carboxylic acids is 2. The molecule has 5 aliphatic rings. The largest absolute Gasteiger partial charge is 0.393 e. The van der Waals surface area contributed by atoms with Gasteiger partial charge in [-0.1, -0.05) is 12.5 Å². The molecule has 3 saturated carbocycles. The summed E-state index contributed by atoms with van der Waals surface area (Å²) in [6.45, 7) is 2.94. The van der Waals surface area contributed by atoms with Crippen molar-refractivity contribution in [1.29, 1.82) is 0 Å². The van der Waals surface area contributed by atoms with Crippen LogP contribution in [-0.2, 0) is 19.1 Å². The van der Waals surface area contributed by atoms with Crippen molar-refractivity contribution in [3.8, 4) is 0 Å². The number of aliphatic hydroxyl groups excluding tert-OH is 1. The lowest BCUT2D eigenvalue weighted by Gasteiger charge is -2.65. The van der Waals surface area contributed by atoms with Crippen LogP contribution in [0.5, 0.6) is 0 Å². The van der Waals surface area contributed by atoms with Crippen LogP contribution in [0.4, 0.5) is 0 Å². The summed E-state index contributed by atoms with van der Waals surface area (Å²) in [5, 5.41) is 11.4. The van der Waals surface area contributed by atoms with Gasteiger partial charge in [-0.2, -0.15) is 0 Å². The van der Waals surface area contributed by atoms with Gasteiger partial charge in [0.2, 0.25) is 0 Å². The molecule has 1 heterocycles. The summed E-state index contributed by atoms with van der Waals surface area (Å²) in [5.74, 6) is 1.31. The monoisotopic (exact) mass is 374 g/mol. The van der Waals surface area contributed by atoms with E-state index in [2.05, 4.69) is 6.92 Å². The number of aliphatic hydroxyl groups is 1. The van der Waals surface area contributed by atoms with Crippen LogP contribution in [-0.4, -0.2) is 48.7 Å². The third kappa shape index (κ3) is 2.06. The molecule has 5 heteroatoms. The Bertz CT molecular complexity index is 728. The van der Waals surface area contributed by atoms with Crippen LogP contribution in [0, 0.1) is 28.6 Å². The molecule has 0 radical (unpaired) electrons. The third-order valence-corrected chi connectivity index (χ3v) is 9.03. The van der Waals surface area contributed by atoms with Crippen LogP contribution >= 0.6 is 0 Å². The standard InChI is InChI=1S/C22H30O5/c1-20-7-5-14(23)9-13(20)3-4-15-16-6-8-22(18(25)11-26-2)21(16,12-27-22)10-17(24)19(15)20/h9,15-17,19,24H,3-8,10-12H2,1-2H3/t15-,16-,17-,19+,20-,21+,22-/m0/s1. The van der Waals surface area contributed by atoms with Crippen molar-refractivity contribution in [3.63, 3.8) is 0 Å². The Morgan fingerprint density at radius 2 is 2.15 bits per heavy atom. The minimum absolute atomic E-state index is 0.0512. The zero-order valence-electron chi connectivity index (χ0n) is 16.3. The van der Waals surface area contributed by atoms with E-state index in [1.54, 1.807) is 7.11 Å². The number of allylic oxidation sites excluding steroid dienone is 1. The van der Waals surface area contributed by atoms with E-state index < -0.39 is 11.7 Å². The fraction of sp³-hybridized carbons (Fsp3) is 0.818. The average molecular weight is 374 g/mol. The molecule has 1 N–H and O–H groups in total. The Morgan fingerprint density at radius 1 is 1.33 bits per heavy atom. The molecule has 0 aromatic carbocycles. The molecule has 0 aromatic rings. The number of Topliss-reactive ketones (excluding diaryl/α,β-unsaturated/α-hetero) is 1. The van der Waals surface area contributed by atoms with Gasteiger partial charge in [0.1, 0.15) is 12.2 Å². The molecule has 0 unspecified atom stereocenters. The first-order valence-corrected chi connectivity index (χ1v) is 10.5. The zero-order valence-corrected chi connectivity index (χ0v) is 16.3. The summed E-state index contributed by atoms with van der Waals surface area (Å²) in [6.07, 6.45) is 7.22. The molecule has 0 bridgehead atoms. The van der Waals surface area contributed by atoms with Gasteiger partial charge in [-0.05, 0) is 67.8 Å². The number of methoxy groups -OCH3 is 1. The first kappa shape index (κ1) is 18.0. The molecule has 5 nitrogen and oxygen atoms in total. The summed E-state index contributed by atoms with van der Waals surface area (Å²) in [5.41, 5.74) is 0.217. The third-order valence-electron chi connectivity index (χ3n) is 9.03. The first-order valence-electron chi connectivity index (χ1n) is 10.5. The number of hydrogen-bond donors (Lipinski definition) is 1. The molecule has 0 amide bonds. The van der Waals surface area contributed by atoms with Gasteiger partial charge in [0.05, 0.1) is 12.7 Å². The summed E-state index contributed by atoms with van der Waals surface area (Å²) in [4.78, 5) is 24.9. The molecule has 4 aliphatic carbocycles. The Morgan fingerprint density at radius 3 is 2.85 bits per heavy atom. The fourth-order valence-corrected chi connectivity index (χ4v) is 7.89. The van der Waals surface area contributed by atoms with Crippen molar-refractivity contribution < 1.29 is 24.2 Å². The number of rotatable bonds is 3. The first-order chi connectivity index (χ1) is 12.9. The molecule has 4 fully saturated rings. The number of ketones is 2. The van der Waals surface area contributed by atoms with Gasteiger partial charge in [-0.15, -0.1) is 0 Å². The highest BCUT2D eigenvalue weighted by atomic mass is 16.5. The van der Waals surface area contributed by atoms with Crippen molar-refractivity contribution in [2.45, 2.75) is 63.6 Å². The predicted octanol–water partition coefficient (Wildman–Crippen LogP) is 2.45. The molecule has 1 aliphatic heterocycles. The number of hydrogen-bond acceptors (Lipinski definition) is 5. The highest BCUT2D eigenvalue weighted by molar-refractivity contribution is 5.92. The lowest BCUT2D eigenvalue weighted by atomic mass is 9.44. The molecule has 27 heavy (non-hydrogen) atoms. The lowest BCUT2D eigenvalue weighted by molar-refractivity contribution is -0.288. The van der Waals surface area contributed by atoms with E-state index in [4.69, 9.17) is 9.47 Å². The maximum atomic E-state index is 12.9. The molecule has 148 valence electrons. The quantitative estimate of drug-likeness (QED) is 0.821. The van der Waals surface area contributed by atoms with Gasteiger partial charge < -0.3 is 14.6 Å². The Labute approximate surface area is 160 Å². The normalized spacial score (nSPS) is 50.6. The maximum Gasteiger partial charge on any atom is 0.190 e. The molecule has 1 saturated heterocycles. The van der Waals surface area contributed by atoms with E-state index in [0.29, 0.717) is 31.3 Å². The molecular weight excluding hydrogens is 344 g/mol. The smallest absolute Gasteiger partial charge is 0.190 e. The van der Waals surface area contributed by atoms with E-state index in [0.717, 1.165) is 32.1 Å². The van der Waals surface area contributed by atoms with Gasteiger partial charge in [-0.25, -0.2) is 0 Å². The van der Waals surface area contributed by atoms with Gasteiger partial charge >= 0.3 is 0 Å². The van der Waals surface area contributed by atoms with Crippen molar-refractivity contribution in [1.82, 2.24) is 0 Å². The molecule has 0 aromatic heterocycles. The van der Waals surface area contributed by atoms with Crippen molar-refractivity contribution in [2.24, 2.45) is 28.6 Å². The number of carbonyl (C=O) groups is 2. The summed E-state index contributed by atoms with van der Waals surface area (Å²) in [7, 11) is 1.55. The summed E-state index contributed by atoms with van der Waals surface area (Å²) < 4.78 is 11.1. The lowest BCUT2D eigenvalue weighted by Crippen LogP contribution is -2.72. The van der Waals surface area contributed by atoms with Gasteiger partial charge in [0.25, 0.3) is 0 Å². The van der Waals surface area contributed by atoms with Crippen LogP contribution in [0.2, 0.25) is 0 Å². The summed E-state index contributed by atoms with van der Waals surface area (Å²) in [6, 6.07) is 0. The van der Waals surface area contributed by atoms with E-state index in [1.807, 2.05) is 6.08 Å². The SMILES string of the molecule is COCC(=O)[C@@]12CC[C@H]3[C@@H]4CCC5=CC(=O)CC[C@]5(C)[C@H]4[C@@H](O)C[C@@]31CO2. The van der Waals surface area contributed by atoms with Crippen LogP contribution in [0.3, 0.4) is 0 Å². The predicted molar refractivity (Wildman–Crippen MR) is 98.0 cm³/mol. The van der Waals surface area contributed by atoms with E-state index >= 15 is 0 Å². The van der Waals surface area contributed by atoms with Crippen LogP contribution in [0.15, 0.2) is 11.6 Å². The molecule has 5 rings (SSSR count). The highest BCUT2D eigenvalue weighted by Crippen LogP contribution is 2.71. The molecule has 1 spiro atoms. The highest BCUT2D eigenvalue weighted by Gasteiger charge is 2.75. The van der Waals surface area contributed by atoms with Gasteiger partial charge in [0, 0.05) is 18.9 Å². The minimum Gasteiger partial charge on any atom is -0.393 e. The average Bonchev–Trinajstić information content (AvgIpc) is 2.84. The summed E-state index contributed by atoms with van der Waals surface area (Å²) >= 11 is 0. The number of fused-ring (bicyclic) bond motifs is 4. The van der Waals surface area contributed by atoms with E-state index in [1.165, 1.54) is 5.57 Å². The fourth-order valence-electron chi connectivity index (χ4n) is 7.89. The van der Waals surface area contributed by atoms with Crippen molar-refractivity contribution >= 4 is 11.6 Å². The second-order valence-electron chi connectivity index (χ2n) is 9.83. The van der Waals surface area contributed by atoms with Crippen molar-refractivity contribution in [2.75, 3.05) is 20.3 Å². The second kappa shape index (κ2) is 5.74. The van der Waals surface area contributed by atoms with Crippen LogP contribution in [0.25, 0.3) is 0 Å².